The highest BCUT2D eigenvalue weighted by atomic mass is 32.2. The summed E-state index contributed by atoms with van der Waals surface area (Å²) in [7, 11) is -4.01. The maximum atomic E-state index is 14.1. The van der Waals surface area contributed by atoms with E-state index in [1.807, 2.05) is 6.92 Å². The lowest BCUT2D eigenvalue weighted by atomic mass is 10.2. The van der Waals surface area contributed by atoms with Gasteiger partial charge in [0.1, 0.15) is 10.7 Å². The molecule has 112 valence electrons. The molecule has 0 radical (unpaired) electrons. The molecule has 1 aliphatic rings. The molecule has 0 aromatic heterocycles. The molecule has 1 fully saturated rings. The first-order valence-corrected chi connectivity index (χ1v) is 8.56. The van der Waals surface area contributed by atoms with Crippen molar-refractivity contribution in [2.45, 2.75) is 23.7 Å². The number of aliphatic hydroxyl groups is 1. The van der Waals surface area contributed by atoms with Gasteiger partial charge in [-0.15, -0.1) is 0 Å². The van der Waals surface area contributed by atoms with Crippen LogP contribution in [0.15, 0.2) is 17.0 Å². The van der Waals surface area contributed by atoms with E-state index < -0.39 is 38.7 Å². The third-order valence-corrected chi connectivity index (χ3v) is 6.15. The molecule has 0 bridgehead atoms. The van der Waals surface area contributed by atoms with Crippen molar-refractivity contribution in [1.29, 1.82) is 0 Å². The highest BCUT2D eigenvalue weighted by Crippen LogP contribution is 2.27. The summed E-state index contributed by atoms with van der Waals surface area (Å²) in [6.07, 6.45) is 0. The number of halogens is 2. The van der Waals surface area contributed by atoms with E-state index in [-0.39, 0.29) is 11.8 Å². The van der Waals surface area contributed by atoms with E-state index in [0.717, 1.165) is 12.1 Å². The second-order valence-electron chi connectivity index (χ2n) is 4.54. The van der Waals surface area contributed by atoms with Crippen molar-refractivity contribution < 1.29 is 22.3 Å². The molecule has 1 N–H and O–H groups in total. The Morgan fingerprint density at radius 1 is 1.45 bits per heavy atom. The third kappa shape index (κ3) is 2.83. The van der Waals surface area contributed by atoms with Gasteiger partial charge >= 0.3 is 0 Å². The smallest absolute Gasteiger partial charge is 0.246 e. The lowest BCUT2D eigenvalue weighted by molar-refractivity contribution is 0.267. The van der Waals surface area contributed by atoms with Crippen LogP contribution in [0.1, 0.15) is 12.5 Å². The summed E-state index contributed by atoms with van der Waals surface area (Å²) in [5.74, 6) is -1.53. The van der Waals surface area contributed by atoms with E-state index in [1.54, 1.807) is 11.8 Å². The second-order valence-corrected chi connectivity index (χ2v) is 7.99. The van der Waals surface area contributed by atoms with Crippen LogP contribution in [-0.4, -0.2) is 41.9 Å². The molecule has 1 aromatic carbocycles. The number of thioether (sulfide) groups is 1. The van der Waals surface area contributed by atoms with E-state index in [9.17, 15) is 17.2 Å². The molecule has 0 spiro atoms. The molecule has 1 atom stereocenters. The van der Waals surface area contributed by atoms with Crippen molar-refractivity contribution in [3.05, 3.63) is 29.3 Å². The van der Waals surface area contributed by atoms with Crippen LogP contribution in [0.4, 0.5) is 8.78 Å². The fourth-order valence-corrected chi connectivity index (χ4v) is 4.91. The third-order valence-electron chi connectivity index (χ3n) is 3.13. The number of aliphatic hydroxyl groups excluding tert-OH is 1. The zero-order valence-electron chi connectivity index (χ0n) is 10.8. The van der Waals surface area contributed by atoms with Gasteiger partial charge in [0.2, 0.25) is 10.0 Å². The first-order chi connectivity index (χ1) is 9.37. The van der Waals surface area contributed by atoms with Crippen molar-refractivity contribution in [2.75, 3.05) is 18.8 Å². The Morgan fingerprint density at radius 2 is 2.15 bits per heavy atom. The fraction of sp³-hybridized carbons (Fsp3) is 0.500. The van der Waals surface area contributed by atoms with Gasteiger partial charge in [0.05, 0.1) is 12.2 Å². The van der Waals surface area contributed by atoms with Crippen molar-refractivity contribution >= 4 is 21.8 Å². The van der Waals surface area contributed by atoms with Crippen LogP contribution >= 0.6 is 11.8 Å². The molecule has 0 aliphatic carbocycles. The molecule has 1 saturated heterocycles. The Bertz CT molecular complexity index is 607. The minimum absolute atomic E-state index is 0.124. The van der Waals surface area contributed by atoms with Crippen LogP contribution < -0.4 is 0 Å². The summed E-state index contributed by atoms with van der Waals surface area (Å²) < 4.78 is 53.4. The Kier molecular flexibility index (Phi) is 4.68. The van der Waals surface area contributed by atoms with E-state index in [4.69, 9.17) is 5.11 Å². The lowest BCUT2D eigenvalue weighted by Gasteiger charge is -2.29. The minimum atomic E-state index is -4.01. The summed E-state index contributed by atoms with van der Waals surface area (Å²) >= 11 is 1.65. The zero-order chi connectivity index (χ0) is 14.9. The van der Waals surface area contributed by atoms with Crippen molar-refractivity contribution in [3.63, 3.8) is 0 Å². The molecule has 20 heavy (non-hydrogen) atoms. The molecule has 0 amide bonds. The predicted octanol–water partition coefficient (Wildman–Crippen LogP) is 1.58. The van der Waals surface area contributed by atoms with Crippen molar-refractivity contribution in [1.82, 2.24) is 4.31 Å². The van der Waals surface area contributed by atoms with Gasteiger partial charge < -0.3 is 5.11 Å². The Morgan fingerprint density at radius 3 is 2.75 bits per heavy atom. The molecule has 1 aliphatic heterocycles. The van der Waals surface area contributed by atoms with Crippen LogP contribution in [-0.2, 0) is 16.6 Å². The Hall–Kier alpha value is -0.700. The first kappa shape index (κ1) is 15.7. The molecule has 1 aromatic rings. The fourth-order valence-electron chi connectivity index (χ4n) is 2.06. The monoisotopic (exact) mass is 323 g/mol. The normalized spacial score (nSPS) is 21.1. The number of hydrogen-bond donors (Lipinski definition) is 1. The summed E-state index contributed by atoms with van der Waals surface area (Å²) in [6.45, 7) is 1.60. The Balaban J connectivity index is 2.44. The number of benzene rings is 1. The van der Waals surface area contributed by atoms with Gasteiger partial charge in [-0.05, 0) is 12.1 Å². The number of sulfonamides is 1. The molecule has 8 heteroatoms. The van der Waals surface area contributed by atoms with Crippen LogP contribution in [0.25, 0.3) is 0 Å². The molecule has 1 unspecified atom stereocenters. The molecule has 1 heterocycles. The topological polar surface area (TPSA) is 57.6 Å². The molecule has 4 nitrogen and oxygen atoms in total. The summed E-state index contributed by atoms with van der Waals surface area (Å²) in [5.41, 5.74) is -0.620. The van der Waals surface area contributed by atoms with E-state index in [0.29, 0.717) is 12.3 Å². The molecular weight excluding hydrogens is 308 g/mol. The number of rotatable bonds is 3. The maximum Gasteiger partial charge on any atom is 0.246 e. The second kappa shape index (κ2) is 5.97. The van der Waals surface area contributed by atoms with Gasteiger partial charge in [0.25, 0.3) is 0 Å². The summed E-state index contributed by atoms with van der Waals surface area (Å²) in [5, 5.41) is 9.07. The SMILES string of the molecule is CC1CN(S(=O)(=O)c2ccc(F)c(CO)c2F)CCS1. The van der Waals surface area contributed by atoms with Crippen molar-refractivity contribution in [2.24, 2.45) is 0 Å². The first-order valence-electron chi connectivity index (χ1n) is 6.07. The quantitative estimate of drug-likeness (QED) is 0.918. The standard InChI is InChI=1S/C12H15F2NO3S2/c1-8-6-15(4-5-19-8)20(17,18)11-3-2-10(13)9(7-16)12(11)14/h2-3,8,16H,4-7H2,1H3. The van der Waals surface area contributed by atoms with Crippen molar-refractivity contribution in [3.8, 4) is 0 Å². The van der Waals surface area contributed by atoms with Crippen LogP contribution in [0, 0.1) is 11.6 Å². The van der Waals surface area contributed by atoms with Crippen LogP contribution in [0.2, 0.25) is 0 Å². The van der Waals surface area contributed by atoms with E-state index in [2.05, 4.69) is 0 Å². The highest BCUT2D eigenvalue weighted by Gasteiger charge is 2.32. The van der Waals surface area contributed by atoms with Crippen LogP contribution in [0.5, 0.6) is 0 Å². The summed E-state index contributed by atoms with van der Waals surface area (Å²) in [4.78, 5) is -0.581. The largest absolute Gasteiger partial charge is 0.391 e. The number of hydrogen-bond acceptors (Lipinski definition) is 4. The zero-order valence-corrected chi connectivity index (χ0v) is 12.5. The molecule has 0 saturated carbocycles. The van der Waals surface area contributed by atoms with Crippen LogP contribution in [0.3, 0.4) is 0 Å². The average Bonchev–Trinajstić information content (AvgIpc) is 2.39. The van der Waals surface area contributed by atoms with E-state index in [1.165, 1.54) is 4.31 Å². The summed E-state index contributed by atoms with van der Waals surface area (Å²) in [6, 6.07) is 1.77. The van der Waals surface area contributed by atoms with Gasteiger partial charge in [0, 0.05) is 24.1 Å². The van der Waals surface area contributed by atoms with Gasteiger partial charge in [-0.3, -0.25) is 0 Å². The average molecular weight is 323 g/mol. The number of nitrogens with zero attached hydrogens (tertiary/aromatic N) is 1. The van der Waals surface area contributed by atoms with Gasteiger partial charge in [-0.25, -0.2) is 17.2 Å². The minimum Gasteiger partial charge on any atom is -0.391 e. The molecule has 2 rings (SSSR count). The van der Waals surface area contributed by atoms with Gasteiger partial charge in [0.15, 0.2) is 5.82 Å². The van der Waals surface area contributed by atoms with E-state index >= 15 is 0 Å². The maximum absolute atomic E-state index is 14.1. The van der Waals surface area contributed by atoms with Gasteiger partial charge in [-0.2, -0.15) is 16.1 Å². The Labute approximate surface area is 120 Å². The molecular formula is C12H15F2NO3S2. The predicted molar refractivity (Wildman–Crippen MR) is 73.0 cm³/mol. The highest BCUT2D eigenvalue weighted by molar-refractivity contribution is 8.00. The van der Waals surface area contributed by atoms with Gasteiger partial charge in [-0.1, -0.05) is 6.92 Å². The lowest BCUT2D eigenvalue weighted by Crippen LogP contribution is -2.41.